The first-order chi connectivity index (χ1) is 20.5. The molecule has 12 heteroatoms. The first-order valence-corrected chi connectivity index (χ1v) is 16.4. The number of carboxylic acid groups (broad SMARTS) is 1. The Morgan fingerprint density at radius 1 is 1.11 bits per heavy atom. The summed E-state index contributed by atoms with van der Waals surface area (Å²) in [6.07, 6.45) is 2.97. The number of nitrogens with zero attached hydrogens (tertiary/aromatic N) is 2. The number of aromatic nitrogens is 2. The standard InChI is InChI=1S/C33H44N4O6S.ClH/c1-21-10-8-11-22(2)29(21)27-17-28(36-31(35-27)37-44(40,41)26-13-9-12-23(16-26)30(38)39)42-20-24(18-32(3,4)5)34-19-25-14-15-33(6,7)43-25;/h8-13,16-17,24-25,34H,14-15,18-20H2,1-7H3,(H,38,39)(H,35,36,37);1H/t24-,25?;/m1./s1. The summed E-state index contributed by atoms with van der Waals surface area (Å²) in [6.45, 7) is 15.7. The lowest BCUT2D eigenvalue weighted by molar-refractivity contribution is -0.0161. The van der Waals surface area contributed by atoms with Gasteiger partial charge >= 0.3 is 5.97 Å². The molecule has 4 rings (SSSR count). The van der Waals surface area contributed by atoms with Gasteiger partial charge in [0.2, 0.25) is 11.8 Å². The van der Waals surface area contributed by atoms with Crippen molar-refractivity contribution < 1.29 is 27.8 Å². The Kier molecular flexibility index (Phi) is 11.6. The Hall–Kier alpha value is -3.25. The van der Waals surface area contributed by atoms with E-state index in [9.17, 15) is 18.3 Å². The zero-order valence-corrected chi connectivity index (χ0v) is 28.6. The predicted octanol–water partition coefficient (Wildman–Crippen LogP) is 6.41. The zero-order valence-electron chi connectivity index (χ0n) is 27.0. The number of ether oxygens (including phenoxy) is 2. The van der Waals surface area contributed by atoms with Crippen LogP contribution >= 0.6 is 12.4 Å². The highest BCUT2D eigenvalue weighted by Gasteiger charge is 2.32. The van der Waals surface area contributed by atoms with Crippen LogP contribution in [0.3, 0.4) is 0 Å². The van der Waals surface area contributed by atoms with Gasteiger partial charge in [0.05, 0.1) is 27.9 Å². The maximum atomic E-state index is 13.3. The van der Waals surface area contributed by atoms with Crippen LogP contribution in [0, 0.1) is 19.3 Å². The van der Waals surface area contributed by atoms with Crippen LogP contribution in [0.25, 0.3) is 11.3 Å². The summed E-state index contributed by atoms with van der Waals surface area (Å²) in [6, 6.07) is 12.7. The van der Waals surface area contributed by atoms with Crippen LogP contribution in [-0.4, -0.2) is 60.4 Å². The van der Waals surface area contributed by atoms with Crippen molar-refractivity contribution in [3.05, 3.63) is 65.2 Å². The topological polar surface area (TPSA) is 140 Å². The number of halogens is 1. The molecule has 1 aliphatic rings. The third-order valence-electron chi connectivity index (χ3n) is 7.54. The van der Waals surface area contributed by atoms with Crippen molar-refractivity contribution in [1.82, 2.24) is 15.3 Å². The van der Waals surface area contributed by atoms with Crippen molar-refractivity contribution in [1.29, 1.82) is 0 Å². The fourth-order valence-electron chi connectivity index (χ4n) is 5.50. The number of nitrogens with one attached hydrogen (secondary N) is 2. The number of aromatic carboxylic acids is 1. The number of sulfonamides is 1. The zero-order chi connectivity index (χ0) is 32.3. The molecule has 246 valence electrons. The van der Waals surface area contributed by atoms with E-state index < -0.39 is 16.0 Å². The summed E-state index contributed by atoms with van der Waals surface area (Å²) in [5, 5.41) is 13.0. The van der Waals surface area contributed by atoms with Crippen LogP contribution in [0.5, 0.6) is 5.88 Å². The van der Waals surface area contributed by atoms with Gasteiger partial charge in [-0.25, -0.2) is 22.9 Å². The largest absolute Gasteiger partial charge is 0.478 e. The normalized spacial score (nSPS) is 16.9. The van der Waals surface area contributed by atoms with Crippen LogP contribution in [0.4, 0.5) is 5.95 Å². The van der Waals surface area contributed by atoms with Gasteiger partial charge in [0.25, 0.3) is 10.0 Å². The summed E-state index contributed by atoms with van der Waals surface area (Å²) < 4.78 is 41.5. The van der Waals surface area contributed by atoms with Crippen molar-refractivity contribution >= 4 is 34.3 Å². The Morgan fingerprint density at radius 3 is 2.38 bits per heavy atom. The van der Waals surface area contributed by atoms with Crippen LogP contribution in [0.15, 0.2) is 53.4 Å². The first-order valence-electron chi connectivity index (χ1n) is 14.9. The van der Waals surface area contributed by atoms with E-state index in [1.54, 1.807) is 6.07 Å². The molecule has 1 aromatic heterocycles. The SMILES string of the molecule is Cc1cccc(C)c1-c1cc(OC[C@@H](CC(C)(C)C)NCC2CCC(C)(C)O2)nc(NS(=O)(=O)c2cccc(C(=O)O)c2)n1.Cl. The molecule has 2 atom stereocenters. The average molecular weight is 661 g/mol. The van der Waals surface area contributed by atoms with Crippen molar-refractivity contribution in [2.24, 2.45) is 5.41 Å². The molecule has 0 aliphatic carbocycles. The van der Waals surface area contributed by atoms with Gasteiger partial charge in [0, 0.05) is 24.2 Å². The number of rotatable bonds is 12. The second-order valence-corrected chi connectivity index (χ2v) is 15.0. The number of anilines is 1. The minimum atomic E-state index is -4.21. The Labute approximate surface area is 272 Å². The highest BCUT2D eigenvalue weighted by molar-refractivity contribution is 7.92. The lowest BCUT2D eigenvalue weighted by atomic mass is 9.88. The second-order valence-electron chi connectivity index (χ2n) is 13.3. The van der Waals surface area contributed by atoms with Gasteiger partial charge in [-0.15, -0.1) is 12.4 Å². The quantitative estimate of drug-likeness (QED) is 0.201. The molecule has 3 N–H and O–H groups in total. The lowest BCUT2D eigenvalue weighted by Gasteiger charge is -2.28. The molecule has 0 saturated carbocycles. The summed E-state index contributed by atoms with van der Waals surface area (Å²) in [5.74, 6) is -1.19. The van der Waals surface area contributed by atoms with E-state index in [-0.39, 0.29) is 57.9 Å². The average Bonchev–Trinajstić information content (AvgIpc) is 3.27. The van der Waals surface area contributed by atoms with E-state index in [1.165, 1.54) is 18.2 Å². The number of carboxylic acids is 1. The number of hydrogen-bond donors (Lipinski definition) is 3. The summed E-state index contributed by atoms with van der Waals surface area (Å²) in [7, 11) is -4.21. The molecule has 10 nitrogen and oxygen atoms in total. The monoisotopic (exact) mass is 660 g/mol. The highest BCUT2D eigenvalue weighted by Crippen LogP contribution is 2.31. The molecule has 0 radical (unpaired) electrons. The van der Waals surface area contributed by atoms with Gasteiger partial charge in [-0.3, -0.25) is 0 Å². The summed E-state index contributed by atoms with van der Waals surface area (Å²) in [5.41, 5.74) is 3.03. The minimum absolute atomic E-state index is 0. The Balaban J connectivity index is 0.00000552. The molecular weight excluding hydrogens is 616 g/mol. The van der Waals surface area contributed by atoms with Crippen LogP contribution in [0.2, 0.25) is 0 Å². The van der Waals surface area contributed by atoms with Gasteiger partial charge in [0.1, 0.15) is 6.61 Å². The predicted molar refractivity (Wildman–Crippen MR) is 178 cm³/mol. The van der Waals surface area contributed by atoms with Gasteiger partial charge in [-0.05, 0) is 81.7 Å². The molecule has 0 amide bonds. The van der Waals surface area contributed by atoms with Crippen molar-refractivity contribution in [3.8, 4) is 17.1 Å². The molecular formula is C33H45ClN4O6S. The molecule has 45 heavy (non-hydrogen) atoms. The van der Waals surface area contributed by atoms with Gasteiger partial charge in [-0.2, -0.15) is 4.98 Å². The van der Waals surface area contributed by atoms with Gasteiger partial charge in [-0.1, -0.05) is 45.0 Å². The van der Waals surface area contributed by atoms with E-state index in [0.717, 1.165) is 42.0 Å². The van der Waals surface area contributed by atoms with E-state index >= 15 is 0 Å². The second kappa shape index (κ2) is 14.5. The maximum Gasteiger partial charge on any atom is 0.335 e. The Bertz CT molecular complexity index is 1590. The van der Waals surface area contributed by atoms with E-state index in [0.29, 0.717) is 18.8 Å². The minimum Gasteiger partial charge on any atom is -0.478 e. The van der Waals surface area contributed by atoms with E-state index in [1.807, 2.05) is 32.0 Å². The third kappa shape index (κ3) is 10.1. The third-order valence-corrected chi connectivity index (χ3v) is 8.86. The fourth-order valence-corrected chi connectivity index (χ4v) is 6.49. The molecule has 3 aromatic rings. The lowest BCUT2D eigenvalue weighted by Crippen LogP contribution is -2.42. The molecule has 1 unspecified atom stereocenters. The van der Waals surface area contributed by atoms with Crippen molar-refractivity contribution in [2.75, 3.05) is 17.9 Å². The molecule has 1 aliphatic heterocycles. The number of benzene rings is 2. The van der Waals surface area contributed by atoms with Crippen LogP contribution in [-0.2, 0) is 14.8 Å². The highest BCUT2D eigenvalue weighted by atomic mass is 35.5. The molecule has 2 aromatic carbocycles. The van der Waals surface area contributed by atoms with Crippen molar-refractivity contribution in [3.63, 3.8) is 0 Å². The number of aryl methyl sites for hydroxylation is 2. The summed E-state index contributed by atoms with van der Waals surface area (Å²) in [4.78, 5) is 20.2. The Morgan fingerprint density at radius 2 is 1.78 bits per heavy atom. The first kappa shape index (κ1) is 36.2. The van der Waals surface area contributed by atoms with E-state index in [4.69, 9.17) is 9.47 Å². The number of hydrogen-bond acceptors (Lipinski definition) is 8. The molecule has 1 saturated heterocycles. The molecule has 0 spiro atoms. The van der Waals surface area contributed by atoms with Crippen LogP contribution in [0.1, 0.15) is 75.4 Å². The summed E-state index contributed by atoms with van der Waals surface area (Å²) >= 11 is 0. The van der Waals surface area contributed by atoms with E-state index in [2.05, 4.69) is 54.6 Å². The van der Waals surface area contributed by atoms with Crippen molar-refractivity contribution in [2.45, 2.75) is 90.4 Å². The molecule has 0 bridgehead atoms. The fraction of sp³-hybridized carbons (Fsp3) is 0.485. The smallest absolute Gasteiger partial charge is 0.335 e. The molecule has 1 fully saturated rings. The number of carbonyl (C=O) groups is 1. The van der Waals surface area contributed by atoms with Crippen LogP contribution < -0.4 is 14.8 Å². The van der Waals surface area contributed by atoms with Gasteiger partial charge < -0.3 is 19.9 Å². The van der Waals surface area contributed by atoms with Gasteiger partial charge in [0.15, 0.2) is 0 Å². The molecule has 2 heterocycles. The maximum absolute atomic E-state index is 13.3.